The Morgan fingerprint density at radius 1 is 1.12 bits per heavy atom. The average molecular weight is 230 g/mol. The molecule has 0 saturated carbocycles. The fourth-order valence-corrected chi connectivity index (χ4v) is 1.79. The lowest BCUT2D eigenvalue weighted by Crippen LogP contribution is -2.11. The van der Waals surface area contributed by atoms with Crippen molar-refractivity contribution in [1.29, 1.82) is 0 Å². The monoisotopic (exact) mass is 230 g/mol. The molecule has 0 aliphatic carbocycles. The van der Waals surface area contributed by atoms with Gasteiger partial charge in [0.25, 0.3) is 0 Å². The smallest absolute Gasteiger partial charge is 0.0854 e. The van der Waals surface area contributed by atoms with E-state index in [-0.39, 0.29) is 12.0 Å². The first-order valence-electron chi connectivity index (χ1n) is 5.77. The third kappa shape index (κ3) is 2.39. The molecule has 1 heterocycles. The second-order valence-corrected chi connectivity index (χ2v) is 5.19. The number of nitrogens with zero attached hydrogens (tertiary/aromatic N) is 2. The Kier molecular flexibility index (Phi) is 3.03. The van der Waals surface area contributed by atoms with Crippen molar-refractivity contribution in [2.24, 2.45) is 0 Å². The molecule has 0 aliphatic rings. The molecule has 0 amide bonds. The predicted molar refractivity (Wildman–Crippen MR) is 68.2 cm³/mol. The number of aromatic nitrogens is 2. The molecule has 0 bridgehead atoms. The first-order valence-corrected chi connectivity index (χ1v) is 5.77. The van der Waals surface area contributed by atoms with Crippen LogP contribution < -0.4 is 0 Å². The molecule has 1 N–H and O–H groups in total. The average Bonchev–Trinajstić information content (AvgIpc) is 2.76. The van der Waals surface area contributed by atoms with Crippen LogP contribution in [0, 0.1) is 0 Å². The molecule has 1 aromatic carbocycles. The fourth-order valence-electron chi connectivity index (χ4n) is 1.79. The molecule has 2 rings (SSSR count). The highest BCUT2D eigenvalue weighted by molar-refractivity contribution is 5.37. The summed E-state index contributed by atoms with van der Waals surface area (Å²) in [6.45, 7) is 6.57. The molecule has 0 aliphatic heterocycles. The molecule has 2 aromatic rings. The van der Waals surface area contributed by atoms with E-state index in [1.165, 1.54) is 5.56 Å². The quantitative estimate of drug-likeness (QED) is 0.861. The van der Waals surface area contributed by atoms with Crippen LogP contribution in [-0.4, -0.2) is 14.9 Å². The normalized spacial score (nSPS) is 11.8. The van der Waals surface area contributed by atoms with Crippen molar-refractivity contribution in [3.8, 4) is 5.69 Å². The van der Waals surface area contributed by atoms with Crippen LogP contribution in [0.3, 0.4) is 0 Å². The molecule has 3 heteroatoms. The van der Waals surface area contributed by atoms with E-state index in [0.29, 0.717) is 0 Å². The minimum atomic E-state index is 0.00101. The second-order valence-electron chi connectivity index (χ2n) is 5.19. The molecule has 0 radical (unpaired) electrons. The van der Waals surface area contributed by atoms with Gasteiger partial charge in [-0.25, -0.2) is 4.68 Å². The molecule has 0 atom stereocenters. The van der Waals surface area contributed by atoms with Crippen molar-refractivity contribution in [3.05, 3.63) is 47.8 Å². The summed E-state index contributed by atoms with van der Waals surface area (Å²) in [6, 6.07) is 10.1. The van der Waals surface area contributed by atoms with E-state index >= 15 is 0 Å². The molecular formula is C14H18N2O. The van der Waals surface area contributed by atoms with E-state index in [2.05, 4.69) is 38.0 Å². The van der Waals surface area contributed by atoms with Crippen molar-refractivity contribution in [2.45, 2.75) is 32.8 Å². The van der Waals surface area contributed by atoms with Gasteiger partial charge in [0, 0.05) is 6.20 Å². The number of rotatable bonds is 2. The first-order chi connectivity index (χ1) is 8.02. The molecule has 0 saturated heterocycles. The summed E-state index contributed by atoms with van der Waals surface area (Å²) in [4.78, 5) is 0. The second kappa shape index (κ2) is 4.34. The Hall–Kier alpha value is -1.61. The highest BCUT2D eigenvalue weighted by Gasteiger charge is 2.13. The van der Waals surface area contributed by atoms with Gasteiger partial charge in [-0.3, -0.25) is 0 Å². The van der Waals surface area contributed by atoms with Crippen molar-refractivity contribution in [3.63, 3.8) is 0 Å². The standard InChI is InChI=1S/C14H18N2O/c1-14(2,3)11-4-6-12(7-5-11)16-13(10-17)8-9-15-16/h4-9,17H,10H2,1-3H3. The van der Waals surface area contributed by atoms with Crippen LogP contribution in [0.25, 0.3) is 5.69 Å². The molecule has 90 valence electrons. The largest absolute Gasteiger partial charge is 0.390 e. The summed E-state index contributed by atoms with van der Waals surface area (Å²) in [5.41, 5.74) is 3.22. The highest BCUT2D eigenvalue weighted by Crippen LogP contribution is 2.23. The molecule has 1 aromatic heterocycles. The zero-order valence-corrected chi connectivity index (χ0v) is 10.5. The number of benzene rings is 1. The van der Waals surface area contributed by atoms with Gasteiger partial charge in [-0.1, -0.05) is 32.9 Å². The lowest BCUT2D eigenvalue weighted by Gasteiger charge is -2.19. The SMILES string of the molecule is CC(C)(C)c1ccc(-n2nccc2CO)cc1. The van der Waals surface area contributed by atoms with Crippen LogP contribution in [-0.2, 0) is 12.0 Å². The van der Waals surface area contributed by atoms with E-state index in [4.69, 9.17) is 0 Å². The van der Waals surface area contributed by atoms with E-state index in [1.54, 1.807) is 10.9 Å². The summed E-state index contributed by atoms with van der Waals surface area (Å²) >= 11 is 0. The first kappa shape index (κ1) is 11.9. The van der Waals surface area contributed by atoms with E-state index < -0.39 is 0 Å². The summed E-state index contributed by atoms with van der Waals surface area (Å²) in [5, 5.41) is 13.4. The van der Waals surface area contributed by atoms with Crippen molar-refractivity contribution in [2.75, 3.05) is 0 Å². The zero-order valence-electron chi connectivity index (χ0n) is 10.5. The lowest BCUT2D eigenvalue weighted by atomic mass is 9.87. The van der Waals surface area contributed by atoms with Gasteiger partial charge in [0.2, 0.25) is 0 Å². The third-order valence-electron chi connectivity index (χ3n) is 2.86. The maximum atomic E-state index is 9.19. The van der Waals surface area contributed by atoms with E-state index in [1.807, 2.05) is 18.2 Å². The van der Waals surface area contributed by atoms with Gasteiger partial charge in [0.15, 0.2) is 0 Å². The molecule has 0 unspecified atom stereocenters. The van der Waals surface area contributed by atoms with Gasteiger partial charge >= 0.3 is 0 Å². The Morgan fingerprint density at radius 2 is 1.76 bits per heavy atom. The van der Waals surface area contributed by atoms with Crippen molar-refractivity contribution in [1.82, 2.24) is 9.78 Å². The van der Waals surface area contributed by atoms with Crippen LogP contribution in [0.1, 0.15) is 32.0 Å². The van der Waals surface area contributed by atoms with Gasteiger partial charge < -0.3 is 5.11 Å². The fraction of sp³-hybridized carbons (Fsp3) is 0.357. The zero-order chi connectivity index (χ0) is 12.5. The van der Waals surface area contributed by atoms with Gasteiger partial charge in [-0.15, -0.1) is 0 Å². The Morgan fingerprint density at radius 3 is 2.29 bits per heavy atom. The van der Waals surface area contributed by atoms with E-state index in [0.717, 1.165) is 11.4 Å². The van der Waals surface area contributed by atoms with Crippen LogP contribution in [0.5, 0.6) is 0 Å². The molecular weight excluding hydrogens is 212 g/mol. The topological polar surface area (TPSA) is 38.0 Å². The third-order valence-corrected chi connectivity index (χ3v) is 2.86. The Balaban J connectivity index is 2.36. The van der Waals surface area contributed by atoms with Gasteiger partial charge in [0.1, 0.15) is 0 Å². The summed E-state index contributed by atoms with van der Waals surface area (Å²) < 4.78 is 1.76. The number of hydrogen-bond donors (Lipinski definition) is 1. The van der Waals surface area contributed by atoms with Crippen molar-refractivity contribution < 1.29 is 5.11 Å². The maximum Gasteiger partial charge on any atom is 0.0854 e. The minimum Gasteiger partial charge on any atom is -0.390 e. The van der Waals surface area contributed by atoms with Crippen LogP contribution >= 0.6 is 0 Å². The Labute approximate surface area is 102 Å². The minimum absolute atomic E-state index is 0.00101. The van der Waals surface area contributed by atoms with Gasteiger partial charge in [-0.2, -0.15) is 5.10 Å². The van der Waals surface area contributed by atoms with Crippen LogP contribution in [0.4, 0.5) is 0 Å². The Bertz CT molecular complexity index is 492. The predicted octanol–water partition coefficient (Wildman–Crippen LogP) is 2.66. The van der Waals surface area contributed by atoms with Crippen LogP contribution in [0.2, 0.25) is 0 Å². The number of aliphatic hydroxyl groups is 1. The number of hydrogen-bond acceptors (Lipinski definition) is 2. The molecule has 3 nitrogen and oxygen atoms in total. The molecule has 17 heavy (non-hydrogen) atoms. The number of aliphatic hydroxyl groups excluding tert-OH is 1. The van der Waals surface area contributed by atoms with Crippen LogP contribution in [0.15, 0.2) is 36.5 Å². The van der Waals surface area contributed by atoms with Crippen molar-refractivity contribution >= 4 is 0 Å². The summed E-state index contributed by atoms with van der Waals surface area (Å²) in [5.74, 6) is 0. The van der Waals surface area contributed by atoms with Gasteiger partial charge in [0.05, 0.1) is 18.0 Å². The highest BCUT2D eigenvalue weighted by atomic mass is 16.3. The molecule has 0 spiro atoms. The van der Waals surface area contributed by atoms with E-state index in [9.17, 15) is 5.11 Å². The summed E-state index contributed by atoms with van der Waals surface area (Å²) in [7, 11) is 0. The molecule has 0 fully saturated rings. The lowest BCUT2D eigenvalue weighted by molar-refractivity contribution is 0.273. The van der Waals surface area contributed by atoms with Gasteiger partial charge in [-0.05, 0) is 29.2 Å². The summed E-state index contributed by atoms with van der Waals surface area (Å²) in [6.07, 6.45) is 1.70. The maximum absolute atomic E-state index is 9.19.